The Balaban J connectivity index is 0.000000277. The fourth-order valence-corrected chi connectivity index (χ4v) is 7.61. The fraction of sp³-hybridized carbons (Fsp3) is 0.400. The Bertz CT molecular complexity index is 2020. The summed E-state index contributed by atoms with van der Waals surface area (Å²) in [5, 5.41) is 0. The summed E-state index contributed by atoms with van der Waals surface area (Å²) in [5.74, 6) is 0.189. The Morgan fingerprint density at radius 1 is 0.623 bits per heavy atom. The number of benzene rings is 2. The molecule has 0 amide bonds. The van der Waals surface area contributed by atoms with Gasteiger partial charge in [-0.1, -0.05) is 24.3 Å². The molecule has 1 aliphatic rings. The van der Waals surface area contributed by atoms with Crippen LogP contribution >= 0.6 is 11.8 Å². The Kier molecular flexibility index (Phi) is 19.4. The summed E-state index contributed by atoms with van der Waals surface area (Å²) in [5.41, 5.74) is 5.29. The number of hydrogen-bond acceptors (Lipinski definition) is 10. The largest absolute Gasteiger partial charge is 0.298 e. The van der Waals surface area contributed by atoms with Crippen LogP contribution in [-0.4, -0.2) is 97.6 Å². The monoisotopic (exact) mass is 814 g/mol. The Morgan fingerprint density at radius 3 is 1.60 bits per heavy atom. The molecule has 3 aromatic rings. The summed E-state index contributed by atoms with van der Waals surface area (Å²) in [6.45, 7) is 3.38. The molecule has 2 aromatic carbocycles. The van der Waals surface area contributed by atoms with E-state index in [0.717, 1.165) is 48.0 Å². The van der Waals surface area contributed by atoms with Crippen LogP contribution in [0, 0.1) is 0 Å². The standard InChI is InChI=1S/C14H17NO4S.C11H14O4S2.C10H13NO4S/c1-11-8-13-5-4-12(10-16)9-14(13)15(11)6-2-3-7-20(17,18)19;12-9-10-3-5-11(6-4-10)16-7-1-2-8-17(13,14)15;12-9-10-3-6-11(7-4-10)5-1-2-8-16(13,14)15/h4-5,9-10H,2-3,6-8H2,1H3;3-6,9H,1-2,7-8H2,(H,13,14,15);3-4,6-7,9H,1-2,5,8H2/p+2. The van der Waals surface area contributed by atoms with E-state index in [1.807, 2.05) is 35.8 Å². The van der Waals surface area contributed by atoms with Crippen molar-refractivity contribution in [2.45, 2.75) is 63.3 Å². The van der Waals surface area contributed by atoms with Gasteiger partial charge in [-0.3, -0.25) is 28.0 Å². The van der Waals surface area contributed by atoms with E-state index < -0.39 is 30.4 Å². The average molecular weight is 815 g/mol. The van der Waals surface area contributed by atoms with Crippen molar-refractivity contribution in [3.8, 4) is 0 Å². The molecule has 0 atom stereocenters. The molecule has 0 aliphatic carbocycles. The minimum Gasteiger partial charge on any atom is -0.298 e. The van der Waals surface area contributed by atoms with E-state index in [9.17, 15) is 39.6 Å². The quantitative estimate of drug-likeness (QED) is 0.0498. The lowest BCUT2D eigenvalue weighted by Crippen LogP contribution is -2.32. The molecule has 0 bridgehead atoms. The van der Waals surface area contributed by atoms with Crippen LogP contribution in [0.5, 0.6) is 0 Å². The predicted octanol–water partition coefficient (Wildman–Crippen LogP) is 4.54. The first-order chi connectivity index (χ1) is 24.9. The maximum absolute atomic E-state index is 10.8. The van der Waals surface area contributed by atoms with Crippen LogP contribution in [-0.2, 0) is 43.3 Å². The van der Waals surface area contributed by atoms with Crippen LogP contribution in [0.2, 0.25) is 0 Å². The molecule has 0 saturated carbocycles. The number of carbonyl (C=O) groups excluding carboxylic acids is 3. The summed E-state index contributed by atoms with van der Waals surface area (Å²) in [7, 11) is -11.5. The summed E-state index contributed by atoms with van der Waals surface area (Å²) in [6.07, 6.45) is 10.1. The first-order valence-corrected chi connectivity index (χ1v) is 22.4. The van der Waals surface area contributed by atoms with E-state index in [2.05, 4.69) is 4.58 Å². The van der Waals surface area contributed by atoms with Crippen molar-refractivity contribution < 1.29 is 62.4 Å². The molecule has 14 nitrogen and oxygen atoms in total. The minimum absolute atomic E-state index is 0.183. The van der Waals surface area contributed by atoms with Crippen molar-refractivity contribution in [3.05, 3.63) is 89.2 Å². The Hall–Kier alpha value is -3.65. The van der Waals surface area contributed by atoms with Gasteiger partial charge in [0.1, 0.15) is 25.7 Å². The second-order valence-electron chi connectivity index (χ2n) is 12.1. The van der Waals surface area contributed by atoms with Crippen LogP contribution in [0.15, 0.2) is 71.9 Å². The number of rotatable bonds is 19. The van der Waals surface area contributed by atoms with Crippen molar-refractivity contribution in [2.24, 2.45) is 0 Å². The zero-order valence-electron chi connectivity index (χ0n) is 29.3. The van der Waals surface area contributed by atoms with Gasteiger partial charge < -0.3 is 0 Å². The number of aldehydes is 3. The highest BCUT2D eigenvalue weighted by atomic mass is 32.2. The lowest BCUT2D eigenvalue weighted by Gasteiger charge is -2.02. The van der Waals surface area contributed by atoms with Gasteiger partial charge in [0.25, 0.3) is 30.4 Å². The van der Waals surface area contributed by atoms with Gasteiger partial charge in [0.05, 0.1) is 23.7 Å². The van der Waals surface area contributed by atoms with Crippen molar-refractivity contribution in [3.63, 3.8) is 0 Å². The van der Waals surface area contributed by atoms with Crippen molar-refractivity contribution in [2.75, 3.05) is 29.6 Å². The zero-order chi connectivity index (χ0) is 39.5. The molecular weight excluding hydrogens is 769 g/mol. The molecule has 53 heavy (non-hydrogen) atoms. The highest BCUT2D eigenvalue weighted by molar-refractivity contribution is 7.99. The van der Waals surface area contributed by atoms with Crippen LogP contribution in [0.1, 0.15) is 82.1 Å². The van der Waals surface area contributed by atoms with Crippen LogP contribution in [0.4, 0.5) is 5.69 Å². The minimum atomic E-state index is -3.88. The van der Waals surface area contributed by atoms with E-state index in [1.165, 1.54) is 11.3 Å². The summed E-state index contributed by atoms with van der Waals surface area (Å²) >= 11 is 1.60. The maximum Gasteiger partial charge on any atom is 0.264 e. The fourth-order valence-electron chi connectivity index (χ4n) is 4.99. The number of aromatic nitrogens is 1. The van der Waals surface area contributed by atoms with Gasteiger partial charge in [-0.05, 0) is 43.6 Å². The molecule has 18 heteroatoms. The molecule has 1 aromatic heterocycles. The first kappa shape index (κ1) is 45.5. The third-order valence-electron chi connectivity index (χ3n) is 7.68. The van der Waals surface area contributed by atoms with E-state index in [0.29, 0.717) is 61.9 Å². The molecular formula is C35H46N2O12S4+2. The van der Waals surface area contributed by atoms with Gasteiger partial charge in [0.2, 0.25) is 5.69 Å². The van der Waals surface area contributed by atoms with Crippen molar-refractivity contribution in [1.29, 1.82) is 0 Å². The summed E-state index contributed by atoms with van der Waals surface area (Å²) in [4.78, 5) is 32.7. The van der Waals surface area contributed by atoms with Crippen LogP contribution in [0.25, 0.3) is 0 Å². The normalized spacial score (nSPS) is 12.5. The van der Waals surface area contributed by atoms with Crippen molar-refractivity contribution >= 4 is 72.4 Å². The molecule has 0 saturated heterocycles. The molecule has 290 valence electrons. The third kappa shape index (κ3) is 19.8. The molecule has 0 fully saturated rings. The molecule has 0 spiro atoms. The second-order valence-corrected chi connectivity index (χ2v) is 18.0. The van der Waals surface area contributed by atoms with E-state index in [4.69, 9.17) is 13.7 Å². The highest BCUT2D eigenvalue weighted by Crippen LogP contribution is 2.27. The van der Waals surface area contributed by atoms with Gasteiger partial charge in [-0.2, -0.15) is 29.8 Å². The molecule has 4 rings (SSSR count). The average Bonchev–Trinajstić information content (AvgIpc) is 3.41. The first-order valence-electron chi connectivity index (χ1n) is 16.6. The number of unbranched alkanes of at least 4 members (excludes halogenated alkanes) is 3. The topological polar surface area (TPSA) is 221 Å². The summed E-state index contributed by atoms with van der Waals surface area (Å²) in [6, 6.07) is 16.2. The van der Waals surface area contributed by atoms with Crippen LogP contribution < -0.4 is 4.57 Å². The number of pyridine rings is 1. The number of aryl methyl sites for hydroxylation is 1. The van der Waals surface area contributed by atoms with Gasteiger partial charge in [-0.25, -0.2) is 4.57 Å². The molecule has 0 radical (unpaired) electrons. The van der Waals surface area contributed by atoms with Gasteiger partial charge >= 0.3 is 0 Å². The lowest BCUT2D eigenvalue weighted by molar-refractivity contribution is -0.697. The smallest absolute Gasteiger partial charge is 0.264 e. The van der Waals surface area contributed by atoms with Gasteiger partial charge in [0.15, 0.2) is 24.4 Å². The van der Waals surface area contributed by atoms with E-state index >= 15 is 0 Å². The van der Waals surface area contributed by atoms with Crippen molar-refractivity contribution in [1.82, 2.24) is 0 Å². The Labute approximate surface area is 315 Å². The van der Waals surface area contributed by atoms with Gasteiger partial charge in [-0.15, -0.1) is 11.8 Å². The molecule has 3 N–H and O–H groups in total. The number of nitrogens with zero attached hydrogens (tertiary/aromatic N) is 2. The second kappa shape index (κ2) is 22.5. The van der Waals surface area contributed by atoms with Gasteiger partial charge in [0, 0.05) is 65.1 Å². The highest BCUT2D eigenvalue weighted by Gasteiger charge is 2.26. The number of thioether (sulfide) groups is 1. The zero-order valence-corrected chi connectivity index (χ0v) is 32.6. The third-order valence-corrected chi connectivity index (χ3v) is 11.2. The molecule has 1 aliphatic heterocycles. The number of hydrogen-bond donors (Lipinski definition) is 3. The van der Waals surface area contributed by atoms with E-state index in [-0.39, 0.29) is 17.3 Å². The predicted molar refractivity (Wildman–Crippen MR) is 203 cm³/mol. The SMILES string of the molecule is CC1=[N+](CCCCS(=O)(=O)O)c2cc(C=O)ccc2C1.O=Cc1cc[n+](CCCCS(=O)(=O)O)cc1.O=Cc1ccc(SCCCCS(=O)(=O)O)cc1. The number of carbonyl (C=O) groups is 3. The maximum atomic E-state index is 10.8. The Morgan fingerprint density at radius 2 is 1.09 bits per heavy atom. The van der Waals surface area contributed by atoms with Crippen LogP contribution in [0.3, 0.4) is 0 Å². The molecule has 2 heterocycles. The lowest BCUT2D eigenvalue weighted by atomic mass is 10.1. The molecule has 0 unspecified atom stereocenters. The van der Waals surface area contributed by atoms with E-state index in [1.54, 1.807) is 54.5 Å². The number of fused-ring (bicyclic) bond motifs is 1. The summed E-state index contributed by atoms with van der Waals surface area (Å²) < 4.78 is 92.8.